The van der Waals surface area contributed by atoms with Crippen LogP contribution < -0.4 is 14.8 Å². The first-order chi connectivity index (χ1) is 13.5. The van der Waals surface area contributed by atoms with Gasteiger partial charge in [-0.05, 0) is 48.5 Å². The van der Waals surface area contributed by atoms with Crippen LogP contribution in [-0.2, 0) is 20.0 Å². The Bertz CT molecular complexity index is 1050. The van der Waals surface area contributed by atoms with Crippen molar-refractivity contribution in [2.24, 2.45) is 0 Å². The number of carbonyl (C=O) groups excluding carboxylic acids is 1. The van der Waals surface area contributed by atoms with E-state index in [9.17, 15) is 21.6 Å². The molecule has 158 valence electrons. The van der Waals surface area contributed by atoms with Gasteiger partial charge in [0.05, 0.1) is 17.7 Å². The van der Waals surface area contributed by atoms with E-state index in [1.54, 1.807) is 12.1 Å². The summed E-state index contributed by atoms with van der Waals surface area (Å²) in [6.07, 6.45) is 1.04. The monoisotopic (exact) mass is 441 g/mol. The fourth-order valence-electron chi connectivity index (χ4n) is 2.26. The molecule has 2 aromatic rings. The van der Waals surface area contributed by atoms with Gasteiger partial charge in [0, 0.05) is 25.3 Å². The van der Waals surface area contributed by atoms with Crippen LogP contribution in [0.2, 0.25) is 0 Å². The van der Waals surface area contributed by atoms with E-state index in [0.29, 0.717) is 17.0 Å². The van der Waals surface area contributed by atoms with Crippen LogP contribution in [0.1, 0.15) is 10.4 Å². The summed E-state index contributed by atoms with van der Waals surface area (Å²) >= 11 is 0. The minimum Gasteiger partial charge on any atom is -0.492 e. The second-order valence-corrected chi connectivity index (χ2v) is 10.2. The number of carbonyl (C=O) groups is 1. The minimum absolute atomic E-state index is 0.164. The lowest BCUT2D eigenvalue weighted by atomic mass is 10.2. The van der Waals surface area contributed by atoms with Gasteiger partial charge in [0.1, 0.15) is 12.4 Å². The van der Waals surface area contributed by atoms with E-state index in [1.807, 2.05) is 0 Å². The van der Waals surface area contributed by atoms with Gasteiger partial charge < -0.3 is 10.1 Å². The average Bonchev–Trinajstić information content (AvgIpc) is 2.64. The lowest BCUT2D eigenvalue weighted by molar-refractivity contribution is 0.0947. The van der Waals surface area contributed by atoms with E-state index < -0.39 is 20.0 Å². The van der Waals surface area contributed by atoms with Crippen molar-refractivity contribution in [3.63, 3.8) is 0 Å². The number of nitrogens with zero attached hydrogens (tertiary/aromatic N) is 1. The van der Waals surface area contributed by atoms with Crippen LogP contribution in [0.15, 0.2) is 53.4 Å². The number of anilines is 1. The van der Waals surface area contributed by atoms with E-state index in [2.05, 4.69) is 10.0 Å². The van der Waals surface area contributed by atoms with Gasteiger partial charge in [-0.2, -0.15) is 0 Å². The van der Waals surface area contributed by atoms with Crippen LogP contribution in [-0.4, -0.2) is 60.6 Å². The number of amides is 1. The summed E-state index contributed by atoms with van der Waals surface area (Å²) in [7, 11) is -3.95. The maximum absolute atomic E-state index is 12.1. The Balaban J connectivity index is 1.82. The smallest absolute Gasteiger partial charge is 0.251 e. The third-order valence-electron chi connectivity index (χ3n) is 3.71. The first-order valence-corrected chi connectivity index (χ1v) is 11.8. The molecule has 0 aliphatic rings. The van der Waals surface area contributed by atoms with Crippen LogP contribution in [0.25, 0.3) is 0 Å². The molecule has 1 amide bonds. The molecule has 29 heavy (non-hydrogen) atoms. The van der Waals surface area contributed by atoms with Crippen LogP contribution in [0.4, 0.5) is 5.69 Å². The SMILES string of the molecule is CN(C)S(=O)(=O)c1ccc(OCCNC(=O)c2ccc(NS(C)(=O)=O)cc2)cc1. The third kappa shape index (κ3) is 6.73. The van der Waals surface area contributed by atoms with Crippen molar-refractivity contribution in [3.05, 3.63) is 54.1 Å². The summed E-state index contributed by atoms with van der Waals surface area (Å²) in [6, 6.07) is 12.0. The Hall–Kier alpha value is -2.63. The predicted molar refractivity (Wildman–Crippen MR) is 110 cm³/mol. The molecule has 11 heteroatoms. The van der Waals surface area contributed by atoms with Gasteiger partial charge >= 0.3 is 0 Å². The largest absolute Gasteiger partial charge is 0.492 e. The van der Waals surface area contributed by atoms with Crippen molar-refractivity contribution in [1.82, 2.24) is 9.62 Å². The quantitative estimate of drug-likeness (QED) is 0.563. The molecule has 0 aromatic heterocycles. The Morgan fingerprint density at radius 1 is 0.966 bits per heavy atom. The highest BCUT2D eigenvalue weighted by atomic mass is 32.2. The van der Waals surface area contributed by atoms with E-state index in [0.717, 1.165) is 10.6 Å². The Labute approximate surface area is 170 Å². The van der Waals surface area contributed by atoms with Crippen molar-refractivity contribution in [3.8, 4) is 5.75 Å². The fraction of sp³-hybridized carbons (Fsp3) is 0.278. The molecule has 0 aliphatic heterocycles. The highest BCUT2D eigenvalue weighted by Gasteiger charge is 2.16. The van der Waals surface area contributed by atoms with Gasteiger partial charge in [0.2, 0.25) is 20.0 Å². The summed E-state index contributed by atoms with van der Waals surface area (Å²) in [5, 5.41) is 2.68. The molecule has 0 heterocycles. The van der Waals surface area contributed by atoms with E-state index in [-0.39, 0.29) is 24.0 Å². The summed E-state index contributed by atoms with van der Waals surface area (Å²) in [5.41, 5.74) is 0.745. The molecule has 0 bridgehead atoms. The molecule has 0 saturated heterocycles. The van der Waals surface area contributed by atoms with Crippen LogP contribution >= 0.6 is 0 Å². The van der Waals surface area contributed by atoms with Crippen LogP contribution in [0.3, 0.4) is 0 Å². The van der Waals surface area contributed by atoms with Crippen molar-refractivity contribution in [1.29, 1.82) is 0 Å². The van der Waals surface area contributed by atoms with Gasteiger partial charge in [-0.15, -0.1) is 0 Å². The van der Waals surface area contributed by atoms with Crippen LogP contribution in [0.5, 0.6) is 5.75 Å². The number of rotatable bonds is 9. The summed E-state index contributed by atoms with van der Waals surface area (Å²) in [4.78, 5) is 12.3. The van der Waals surface area contributed by atoms with Gasteiger partial charge in [-0.25, -0.2) is 21.1 Å². The minimum atomic E-state index is -3.49. The number of hydrogen-bond donors (Lipinski definition) is 2. The van der Waals surface area contributed by atoms with Gasteiger partial charge in [0.15, 0.2) is 0 Å². The zero-order valence-electron chi connectivity index (χ0n) is 16.2. The summed E-state index contributed by atoms with van der Waals surface area (Å²) in [6.45, 7) is 0.430. The highest BCUT2D eigenvalue weighted by molar-refractivity contribution is 7.92. The molecule has 0 fully saturated rings. The third-order valence-corrected chi connectivity index (χ3v) is 6.14. The Kier molecular flexibility index (Phi) is 7.22. The molecule has 9 nitrogen and oxygen atoms in total. The predicted octanol–water partition coefficient (Wildman–Crippen LogP) is 1.12. The first-order valence-electron chi connectivity index (χ1n) is 8.50. The second kappa shape index (κ2) is 9.25. The summed E-state index contributed by atoms with van der Waals surface area (Å²) < 4.78 is 55.3. The Morgan fingerprint density at radius 2 is 1.55 bits per heavy atom. The Morgan fingerprint density at radius 3 is 2.07 bits per heavy atom. The molecule has 2 N–H and O–H groups in total. The van der Waals surface area contributed by atoms with E-state index >= 15 is 0 Å². The van der Waals surface area contributed by atoms with Gasteiger partial charge in [-0.3, -0.25) is 9.52 Å². The molecular weight excluding hydrogens is 418 g/mol. The zero-order chi connectivity index (χ0) is 21.7. The highest BCUT2D eigenvalue weighted by Crippen LogP contribution is 2.18. The first kappa shape index (κ1) is 22.7. The molecule has 2 rings (SSSR count). The van der Waals surface area contributed by atoms with Crippen molar-refractivity contribution in [2.45, 2.75) is 4.90 Å². The number of benzene rings is 2. The normalized spacial score (nSPS) is 11.9. The molecule has 0 radical (unpaired) electrons. The molecule has 0 aliphatic carbocycles. The van der Waals surface area contributed by atoms with Crippen molar-refractivity contribution in [2.75, 3.05) is 38.2 Å². The second-order valence-electron chi connectivity index (χ2n) is 6.31. The van der Waals surface area contributed by atoms with Gasteiger partial charge in [0.25, 0.3) is 5.91 Å². The van der Waals surface area contributed by atoms with Crippen LogP contribution in [0, 0.1) is 0 Å². The standard InChI is InChI=1S/C18H23N3O6S2/c1-21(2)29(25,26)17-10-8-16(9-11-17)27-13-12-19-18(22)14-4-6-15(7-5-14)20-28(3,23)24/h4-11,20H,12-13H2,1-3H3,(H,19,22). The lowest BCUT2D eigenvalue weighted by Gasteiger charge is -2.12. The average molecular weight is 442 g/mol. The molecule has 0 atom stereocenters. The molecule has 0 saturated carbocycles. The fourth-order valence-corrected chi connectivity index (χ4v) is 3.72. The van der Waals surface area contributed by atoms with E-state index in [1.165, 1.54) is 50.5 Å². The zero-order valence-corrected chi connectivity index (χ0v) is 17.9. The topological polar surface area (TPSA) is 122 Å². The number of ether oxygens (including phenoxy) is 1. The van der Waals surface area contributed by atoms with Crippen molar-refractivity contribution < 1.29 is 26.4 Å². The molecule has 0 unspecified atom stereocenters. The number of sulfonamides is 2. The van der Waals surface area contributed by atoms with E-state index in [4.69, 9.17) is 4.74 Å². The molecular formula is C18H23N3O6S2. The lowest BCUT2D eigenvalue weighted by Crippen LogP contribution is -2.28. The van der Waals surface area contributed by atoms with Crippen molar-refractivity contribution >= 4 is 31.6 Å². The summed E-state index contributed by atoms with van der Waals surface area (Å²) in [5.74, 6) is 0.153. The molecule has 0 spiro atoms. The maximum Gasteiger partial charge on any atom is 0.251 e. The number of nitrogens with one attached hydrogen (secondary N) is 2. The molecule has 2 aromatic carbocycles. The number of hydrogen-bond acceptors (Lipinski definition) is 6. The van der Waals surface area contributed by atoms with Gasteiger partial charge in [-0.1, -0.05) is 0 Å². The maximum atomic E-state index is 12.1.